The molecule has 1 N–H and O–H groups in total. The van der Waals surface area contributed by atoms with Crippen LogP contribution in [-0.2, 0) is 0 Å². The fraction of sp³-hybridized carbons (Fsp3) is 0.625. The van der Waals surface area contributed by atoms with Gasteiger partial charge in [0, 0.05) is 11.1 Å². The summed E-state index contributed by atoms with van der Waals surface area (Å²) in [5.74, 6) is 0.847. The highest BCUT2D eigenvalue weighted by Crippen LogP contribution is 2.20. The number of halogens is 1. The molecule has 19 heavy (non-hydrogen) atoms. The van der Waals surface area contributed by atoms with Crippen LogP contribution in [0.5, 0.6) is 5.75 Å². The lowest BCUT2D eigenvalue weighted by Gasteiger charge is -2.26. The van der Waals surface area contributed by atoms with Gasteiger partial charge in [-0.1, -0.05) is 44.4 Å². The molecule has 0 saturated carbocycles. The lowest BCUT2D eigenvalue weighted by Crippen LogP contribution is -2.41. The maximum Gasteiger partial charge on any atom is 0.121 e. The van der Waals surface area contributed by atoms with Gasteiger partial charge in [-0.15, -0.1) is 0 Å². The molecule has 0 heterocycles. The van der Waals surface area contributed by atoms with Gasteiger partial charge in [0.1, 0.15) is 11.9 Å². The van der Waals surface area contributed by atoms with Gasteiger partial charge in [0.15, 0.2) is 0 Å². The molecule has 0 aromatic heterocycles. The summed E-state index contributed by atoms with van der Waals surface area (Å²) in [5, 5.41) is 4.30. The van der Waals surface area contributed by atoms with Crippen molar-refractivity contribution in [2.45, 2.75) is 58.6 Å². The van der Waals surface area contributed by atoms with Crippen LogP contribution >= 0.6 is 11.6 Å². The summed E-state index contributed by atoms with van der Waals surface area (Å²) in [4.78, 5) is 0. The Morgan fingerprint density at radius 3 is 2.68 bits per heavy atom. The highest BCUT2D eigenvalue weighted by atomic mass is 35.5. The second-order valence-corrected chi connectivity index (χ2v) is 5.42. The van der Waals surface area contributed by atoms with E-state index in [9.17, 15) is 0 Å². The normalized spacial score (nSPS) is 14.1. The Balaban J connectivity index is 2.56. The van der Waals surface area contributed by atoms with E-state index in [-0.39, 0.29) is 6.10 Å². The smallest absolute Gasteiger partial charge is 0.121 e. The van der Waals surface area contributed by atoms with Gasteiger partial charge in [0.05, 0.1) is 0 Å². The average molecular weight is 284 g/mol. The van der Waals surface area contributed by atoms with E-state index in [4.69, 9.17) is 16.3 Å². The topological polar surface area (TPSA) is 21.3 Å². The van der Waals surface area contributed by atoms with E-state index in [2.05, 4.69) is 26.1 Å². The van der Waals surface area contributed by atoms with Crippen molar-refractivity contribution in [3.05, 3.63) is 29.3 Å². The van der Waals surface area contributed by atoms with E-state index < -0.39 is 0 Å². The van der Waals surface area contributed by atoms with Crippen molar-refractivity contribution in [3.8, 4) is 5.75 Å². The number of unbranched alkanes of at least 4 members (excludes halogenated alkanes) is 1. The molecule has 0 amide bonds. The van der Waals surface area contributed by atoms with Crippen LogP contribution in [0.25, 0.3) is 0 Å². The first-order valence-corrected chi connectivity index (χ1v) is 7.70. The maximum absolute atomic E-state index is 6.00. The summed E-state index contributed by atoms with van der Waals surface area (Å²) >= 11 is 5.98. The van der Waals surface area contributed by atoms with E-state index in [1.54, 1.807) is 0 Å². The molecule has 0 bridgehead atoms. The summed E-state index contributed by atoms with van der Waals surface area (Å²) in [6.07, 6.45) is 4.89. The predicted octanol–water partition coefficient (Wildman–Crippen LogP) is 4.67. The Kier molecular flexibility index (Phi) is 7.92. The first kappa shape index (κ1) is 16.3. The fourth-order valence-electron chi connectivity index (χ4n) is 2.09. The quantitative estimate of drug-likeness (QED) is 0.711. The molecule has 0 aliphatic rings. The van der Waals surface area contributed by atoms with Crippen LogP contribution in [0.2, 0.25) is 5.02 Å². The van der Waals surface area contributed by atoms with E-state index in [1.807, 2.05) is 24.3 Å². The van der Waals surface area contributed by atoms with Crippen molar-refractivity contribution in [1.82, 2.24) is 5.32 Å². The number of rotatable bonds is 9. The molecule has 108 valence electrons. The number of hydrogen-bond acceptors (Lipinski definition) is 2. The van der Waals surface area contributed by atoms with E-state index in [0.29, 0.717) is 6.04 Å². The summed E-state index contributed by atoms with van der Waals surface area (Å²) in [6, 6.07) is 8.01. The third kappa shape index (κ3) is 6.31. The van der Waals surface area contributed by atoms with Gasteiger partial charge in [0.25, 0.3) is 0 Å². The molecule has 0 aliphatic heterocycles. The predicted molar refractivity (Wildman–Crippen MR) is 83.1 cm³/mol. The van der Waals surface area contributed by atoms with Crippen LogP contribution in [0, 0.1) is 0 Å². The zero-order chi connectivity index (χ0) is 14.1. The van der Waals surface area contributed by atoms with Gasteiger partial charge in [-0.2, -0.15) is 0 Å². The molecule has 0 spiro atoms. The first-order chi connectivity index (χ1) is 9.17. The summed E-state index contributed by atoms with van der Waals surface area (Å²) in [6.45, 7) is 7.58. The zero-order valence-corrected chi connectivity index (χ0v) is 13.0. The summed E-state index contributed by atoms with van der Waals surface area (Å²) < 4.78 is 6.00. The maximum atomic E-state index is 6.00. The number of hydrogen-bond donors (Lipinski definition) is 1. The fourth-order valence-corrected chi connectivity index (χ4v) is 2.27. The third-order valence-electron chi connectivity index (χ3n) is 3.21. The monoisotopic (exact) mass is 283 g/mol. The SMILES string of the molecule is CCCCC(NCCC)C(C)Oc1cccc(Cl)c1. The van der Waals surface area contributed by atoms with Crippen LogP contribution in [0.1, 0.15) is 46.5 Å². The first-order valence-electron chi connectivity index (χ1n) is 7.33. The highest BCUT2D eigenvalue weighted by Gasteiger charge is 2.17. The molecule has 0 aliphatic carbocycles. The number of nitrogens with one attached hydrogen (secondary N) is 1. The molecule has 1 rings (SSSR count). The van der Waals surface area contributed by atoms with Gasteiger partial charge < -0.3 is 10.1 Å². The van der Waals surface area contributed by atoms with Crippen LogP contribution in [-0.4, -0.2) is 18.7 Å². The van der Waals surface area contributed by atoms with Gasteiger partial charge in [-0.25, -0.2) is 0 Å². The Morgan fingerprint density at radius 1 is 1.26 bits per heavy atom. The Bertz CT molecular complexity index is 348. The molecule has 0 fully saturated rings. The lowest BCUT2D eigenvalue weighted by molar-refractivity contribution is 0.163. The minimum Gasteiger partial charge on any atom is -0.489 e. The van der Waals surface area contributed by atoms with Gasteiger partial charge in [-0.05, 0) is 44.5 Å². The van der Waals surface area contributed by atoms with Crippen molar-refractivity contribution in [2.75, 3.05) is 6.54 Å². The molecular formula is C16H26ClNO. The van der Waals surface area contributed by atoms with Crippen molar-refractivity contribution in [2.24, 2.45) is 0 Å². The largest absolute Gasteiger partial charge is 0.489 e. The van der Waals surface area contributed by atoms with Crippen LogP contribution in [0.3, 0.4) is 0 Å². The average Bonchev–Trinajstić information content (AvgIpc) is 2.38. The van der Waals surface area contributed by atoms with Crippen molar-refractivity contribution in [1.29, 1.82) is 0 Å². The number of benzene rings is 1. The third-order valence-corrected chi connectivity index (χ3v) is 3.44. The minimum atomic E-state index is 0.150. The highest BCUT2D eigenvalue weighted by molar-refractivity contribution is 6.30. The van der Waals surface area contributed by atoms with E-state index >= 15 is 0 Å². The number of ether oxygens (including phenoxy) is 1. The van der Waals surface area contributed by atoms with Gasteiger partial charge >= 0.3 is 0 Å². The standard InChI is InChI=1S/C16H26ClNO/c1-4-6-10-16(18-11-5-2)13(3)19-15-9-7-8-14(17)12-15/h7-9,12-13,16,18H,4-6,10-11H2,1-3H3. The molecule has 1 aromatic carbocycles. The lowest BCUT2D eigenvalue weighted by atomic mass is 10.0. The molecule has 3 heteroatoms. The molecule has 0 radical (unpaired) electrons. The van der Waals surface area contributed by atoms with Gasteiger partial charge in [-0.3, -0.25) is 0 Å². The van der Waals surface area contributed by atoms with Crippen molar-refractivity contribution >= 4 is 11.6 Å². The van der Waals surface area contributed by atoms with Crippen LogP contribution in [0.4, 0.5) is 0 Å². The molecule has 1 aromatic rings. The minimum absolute atomic E-state index is 0.150. The zero-order valence-electron chi connectivity index (χ0n) is 12.3. The molecule has 2 nitrogen and oxygen atoms in total. The van der Waals surface area contributed by atoms with Gasteiger partial charge in [0.2, 0.25) is 0 Å². The van der Waals surface area contributed by atoms with Crippen molar-refractivity contribution in [3.63, 3.8) is 0 Å². The Morgan fingerprint density at radius 2 is 2.05 bits per heavy atom. The molecule has 0 saturated heterocycles. The van der Waals surface area contributed by atoms with E-state index in [1.165, 1.54) is 12.8 Å². The van der Waals surface area contributed by atoms with Crippen LogP contribution < -0.4 is 10.1 Å². The molecular weight excluding hydrogens is 258 g/mol. The van der Waals surface area contributed by atoms with Crippen LogP contribution in [0.15, 0.2) is 24.3 Å². The van der Waals surface area contributed by atoms with E-state index in [0.717, 1.165) is 30.2 Å². The Hall–Kier alpha value is -0.730. The summed E-state index contributed by atoms with van der Waals surface area (Å²) in [5.41, 5.74) is 0. The second-order valence-electron chi connectivity index (χ2n) is 4.98. The summed E-state index contributed by atoms with van der Waals surface area (Å²) in [7, 11) is 0. The Labute approximate surface area is 122 Å². The second kappa shape index (κ2) is 9.22. The van der Waals surface area contributed by atoms with Crippen molar-refractivity contribution < 1.29 is 4.74 Å². The molecule has 2 atom stereocenters. The molecule has 2 unspecified atom stereocenters.